The van der Waals surface area contributed by atoms with Gasteiger partial charge in [0.1, 0.15) is 5.78 Å². The summed E-state index contributed by atoms with van der Waals surface area (Å²) in [5, 5.41) is 0. The third-order valence-corrected chi connectivity index (χ3v) is 5.63. The van der Waals surface area contributed by atoms with Crippen molar-refractivity contribution in [2.45, 2.75) is 52.9 Å². The molecule has 2 saturated carbocycles. The van der Waals surface area contributed by atoms with E-state index in [4.69, 9.17) is 0 Å². The molecule has 0 aromatic heterocycles. The third-order valence-electron chi connectivity index (χ3n) is 5.63. The highest BCUT2D eigenvalue weighted by Crippen LogP contribution is 2.64. The van der Waals surface area contributed by atoms with Gasteiger partial charge in [0.15, 0.2) is 0 Å². The maximum absolute atomic E-state index is 12.0. The predicted molar refractivity (Wildman–Crippen MR) is 65.0 cm³/mol. The van der Waals surface area contributed by atoms with Gasteiger partial charge in [-0.1, -0.05) is 32.9 Å². The number of rotatable bonds is 0. The lowest BCUT2D eigenvalue weighted by molar-refractivity contribution is -0.140. The van der Waals surface area contributed by atoms with Crippen molar-refractivity contribution in [1.82, 2.24) is 0 Å². The number of fused-ring (bicyclic) bond motifs is 1. The summed E-state index contributed by atoms with van der Waals surface area (Å²) in [5.74, 6) is 1.30. The Kier molecular flexibility index (Phi) is 1.85. The summed E-state index contributed by atoms with van der Waals surface area (Å²) in [6, 6.07) is 0. The number of allylic oxidation sites excluding steroid dienone is 2. The van der Waals surface area contributed by atoms with Gasteiger partial charge in [0, 0.05) is 11.8 Å². The Bertz CT molecular complexity index is 379. The topological polar surface area (TPSA) is 17.1 Å². The molecule has 88 valence electrons. The van der Waals surface area contributed by atoms with E-state index in [0.29, 0.717) is 16.6 Å². The zero-order chi connectivity index (χ0) is 11.6. The lowest BCUT2D eigenvalue weighted by Gasteiger charge is -2.53. The van der Waals surface area contributed by atoms with Crippen molar-refractivity contribution >= 4 is 5.78 Å². The van der Waals surface area contributed by atoms with Gasteiger partial charge in [-0.3, -0.25) is 4.79 Å². The van der Waals surface area contributed by atoms with Crippen LogP contribution >= 0.6 is 0 Å². The highest BCUT2D eigenvalue weighted by molar-refractivity contribution is 5.85. The van der Waals surface area contributed by atoms with Crippen molar-refractivity contribution < 1.29 is 4.79 Å². The molecule has 16 heavy (non-hydrogen) atoms. The summed E-state index contributed by atoms with van der Waals surface area (Å²) >= 11 is 0. The molecule has 0 unspecified atom stereocenters. The number of carbonyl (C=O) groups excluding carboxylic acids is 1. The third kappa shape index (κ3) is 1.15. The second-order valence-electron chi connectivity index (χ2n) is 7.14. The summed E-state index contributed by atoms with van der Waals surface area (Å²) in [6.07, 6.45) is 10.3. The zero-order valence-corrected chi connectivity index (χ0v) is 10.7. The molecule has 0 radical (unpaired) electrons. The minimum absolute atomic E-state index is 0.000486. The Hall–Kier alpha value is -0.590. The molecule has 1 nitrogen and oxygen atoms in total. The van der Waals surface area contributed by atoms with E-state index in [1.807, 2.05) is 0 Å². The van der Waals surface area contributed by atoms with Crippen LogP contribution in [0.4, 0.5) is 0 Å². The van der Waals surface area contributed by atoms with Crippen molar-refractivity contribution in [2.75, 3.05) is 0 Å². The highest BCUT2D eigenvalue weighted by Gasteiger charge is 2.58. The van der Waals surface area contributed by atoms with Crippen molar-refractivity contribution in [3.8, 4) is 0 Å². The fourth-order valence-corrected chi connectivity index (χ4v) is 4.71. The molecule has 3 aliphatic rings. The maximum atomic E-state index is 12.0. The van der Waals surface area contributed by atoms with Crippen LogP contribution in [0, 0.1) is 22.2 Å². The number of carbonyl (C=O) groups is 1. The molecule has 3 atom stereocenters. The number of Topliss-reactive ketones (excluding diaryl/α,β-unsaturated/α-hetero) is 1. The molecule has 0 aromatic carbocycles. The van der Waals surface area contributed by atoms with Gasteiger partial charge in [-0.15, -0.1) is 0 Å². The van der Waals surface area contributed by atoms with Gasteiger partial charge in [-0.05, 0) is 42.4 Å². The lowest BCUT2D eigenvalue weighted by Crippen LogP contribution is -2.49. The van der Waals surface area contributed by atoms with Crippen molar-refractivity contribution in [2.24, 2.45) is 22.2 Å². The minimum atomic E-state index is -0.000486. The highest BCUT2D eigenvalue weighted by atomic mass is 16.1. The first-order valence-electron chi connectivity index (χ1n) is 6.62. The molecule has 0 amide bonds. The first kappa shape index (κ1) is 10.6. The van der Waals surface area contributed by atoms with Crippen molar-refractivity contribution in [3.63, 3.8) is 0 Å². The predicted octanol–water partition coefficient (Wildman–Crippen LogP) is 3.74. The first-order valence-corrected chi connectivity index (χ1v) is 6.62. The van der Waals surface area contributed by atoms with Gasteiger partial charge in [0.25, 0.3) is 0 Å². The van der Waals surface area contributed by atoms with Crippen LogP contribution in [-0.4, -0.2) is 5.78 Å². The first-order chi connectivity index (χ1) is 7.38. The van der Waals surface area contributed by atoms with Crippen LogP contribution in [0.15, 0.2) is 12.2 Å². The Balaban J connectivity index is 2.01. The standard InChI is InChI=1S/C15H22O/c1-13(2)8-9-15-7-5-12(16)14(3,10-15)6-4-11(13)15/h8-9,11H,4-7,10H2,1-3H3/t11-,14+,15-/m0/s1. The van der Waals surface area contributed by atoms with E-state index in [1.165, 1.54) is 6.42 Å². The largest absolute Gasteiger partial charge is 0.299 e. The Morgan fingerprint density at radius 3 is 2.69 bits per heavy atom. The fraction of sp³-hybridized carbons (Fsp3) is 0.800. The van der Waals surface area contributed by atoms with Crippen LogP contribution in [0.5, 0.6) is 0 Å². The monoisotopic (exact) mass is 218 g/mol. The molecule has 0 saturated heterocycles. The van der Waals surface area contributed by atoms with Crippen molar-refractivity contribution in [1.29, 1.82) is 0 Å². The summed E-state index contributed by atoms with van der Waals surface area (Å²) in [4.78, 5) is 12.0. The molecule has 3 rings (SSSR count). The second kappa shape index (κ2) is 2.80. The molecule has 2 fully saturated rings. The van der Waals surface area contributed by atoms with Crippen LogP contribution in [0.2, 0.25) is 0 Å². The van der Waals surface area contributed by atoms with E-state index >= 15 is 0 Å². The summed E-state index contributed by atoms with van der Waals surface area (Å²) in [5.41, 5.74) is 0.714. The Morgan fingerprint density at radius 2 is 1.94 bits per heavy atom. The molecule has 0 heterocycles. The molecular formula is C15H22O. The molecule has 2 bridgehead atoms. The van der Waals surface area contributed by atoms with Gasteiger partial charge < -0.3 is 0 Å². The molecule has 1 heteroatoms. The van der Waals surface area contributed by atoms with Crippen LogP contribution in [0.3, 0.4) is 0 Å². The van der Waals surface area contributed by atoms with E-state index in [1.54, 1.807) is 0 Å². The quantitative estimate of drug-likeness (QED) is 0.566. The van der Waals surface area contributed by atoms with Gasteiger partial charge in [0.2, 0.25) is 0 Å². The minimum Gasteiger partial charge on any atom is -0.299 e. The van der Waals surface area contributed by atoms with Gasteiger partial charge in [0.05, 0.1) is 0 Å². The molecule has 0 aliphatic heterocycles. The average molecular weight is 218 g/mol. The summed E-state index contributed by atoms with van der Waals surface area (Å²) < 4.78 is 0. The molecular weight excluding hydrogens is 196 g/mol. The van der Waals surface area contributed by atoms with E-state index < -0.39 is 0 Å². The van der Waals surface area contributed by atoms with Crippen LogP contribution in [0.1, 0.15) is 52.9 Å². The van der Waals surface area contributed by atoms with Gasteiger partial charge in [-0.2, -0.15) is 0 Å². The Morgan fingerprint density at radius 1 is 1.19 bits per heavy atom. The van der Waals surface area contributed by atoms with E-state index in [2.05, 4.69) is 32.9 Å². The summed E-state index contributed by atoms with van der Waals surface area (Å²) in [7, 11) is 0. The van der Waals surface area contributed by atoms with Crippen LogP contribution in [-0.2, 0) is 4.79 Å². The lowest BCUT2D eigenvalue weighted by atomic mass is 9.49. The van der Waals surface area contributed by atoms with Crippen molar-refractivity contribution in [3.05, 3.63) is 12.2 Å². The fourth-order valence-electron chi connectivity index (χ4n) is 4.71. The maximum Gasteiger partial charge on any atom is 0.138 e. The number of ketones is 1. The smallest absolute Gasteiger partial charge is 0.138 e. The average Bonchev–Trinajstić information content (AvgIpc) is 2.46. The number of hydrogen-bond donors (Lipinski definition) is 0. The zero-order valence-electron chi connectivity index (χ0n) is 10.7. The Labute approximate surface area is 98.3 Å². The van der Waals surface area contributed by atoms with Crippen LogP contribution < -0.4 is 0 Å². The molecule has 1 spiro atoms. The van der Waals surface area contributed by atoms with E-state index in [-0.39, 0.29) is 5.41 Å². The van der Waals surface area contributed by atoms with E-state index in [9.17, 15) is 4.79 Å². The molecule has 3 aliphatic carbocycles. The number of hydrogen-bond acceptors (Lipinski definition) is 1. The molecule has 0 N–H and O–H groups in total. The van der Waals surface area contributed by atoms with Gasteiger partial charge >= 0.3 is 0 Å². The van der Waals surface area contributed by atoms with Crippen LogP contribution in [0.25, 0.3) is 0 Å². The molecule has 0 aromatic rings. The second-order valence-corrected chi connectivity index (χ2v) is 7.14. The van der Waals surface area contributed by atoms with Gasteiger partial charge in [-0.25, -0.2) is 0 Å². The normalized spacial score (nSPS) is 49.2. The van der Waals surface area contributed by atoms with E-state index in [0.717, 1.165) is 31.6 Å². The SMILES string of the molecule is CC1(C)C=C[C@]23CCC(=O)[C@](C)(CC[C@@H]12)C3. The summed E-state index contributed by atoms with van der Waals surface area (Å²) in [6.45, 7) is 6.93.